The second-order valence-electron chi connectivity index (χ2n) is 8.65. The molecule has 0 fully saturated rings. The van der Waals surface area contributed by atoms with Gasteiger partial charge in [0.05, 0.1) is 11.2 Å². The average molecular weight is 484 g/mol. The lowest BCUT2D eigenvalue weighted by molar-refractivity contribution is -0.116. The van der Waals surface area contributed by atoms with Crippen LogP contribution in [-0.4, -0.2) is 15.0 Å². The van der Waals surface area contributed by atoms with Crippen LogP contribution in [0.3, 0.4) is 0 Å². The molecule has 0 aliphatic carbocycles. The number of anilines is 1. The van der Waals surface area contributed by atoms with Crippen molar-refractivity contribution in [3.05, 3.63) is 104 Å². The quantitative estimate of drug-likeness (QED) is 0.374. The van der Waals surface area contributed by atoms with Crippen LogP contribution in [0, 0.1) is 13.8 Å². The van der Waals surface area contributed by atoms with E-state index in [9.17, 15) is 14.4 Å². The van der Waals surface area contributed by atoms with Gasteiger partial charge in [0.2, 0.25) is 5.91 Å². The first-order valence-electron chi connectivity index (χ1n) is 11.5. The second kappa shape index (κ2) is 9.00. The van der Waals surface area contributed by atoms with Crippen molar-refractivity contribution in [2.75, 3.05) is 5.32 Å². The maximum absolute atomic E-state index is 13.7. The molecule has 0 aliphatic heterocycles. The first-order valence-corrected chi connectivity index (χ1v) is 12.3. The minimum Gasteiger partial charge on any atom is -0.325 e. The van der Waals surface area contributed by atoms with E-state index in [4.69, 9.17) is 0 Å². The van der Waals surface area contributed by atoms with Crippen LogP contribution in [-0.2, 0) is 17.8 Å². The van der Waals surface area contributed by atoms with Gasteiger partial charge >= 0.3 is 5.69 Å². The van der Waals surface area contributed by atoms with Crippen LogP contribution >= 0.6 is 11.3 Å². The molecule has 3 aromatic carbocycles. The molecular weight excluding hydrogens is 458 g/mol. The molecule has 0 saturated carbocycles. The standard InChI is InChI=1S/C28H25N3O3S/c1-4-19-10-13-21(14-11-19)31-27(33)26-25(22-7-5-6-8-23(22)35-26)30(28(31)34)16-24(32)29-20-12-9-17(2)18(3)15-20/h5-15H,4,16H2,1-3H3,(H,29,32). The number of aryl methyl sites for hydroxylation is 3. The Labute approximate surface area is 206 Å². The maximum Gasteiger partial charge on any atom is 0.336 e. The van der Waals surface area contributed by atoms with E-state index in [1.807, 2.05) is 75.4 Å². The predicted molar refractivity (Wildman–Crippen MR) is 143 cm³/mol. The highest BCUT2D eigenvalue weighted by molar-refractivity contribution is 7.25. The summed E-state index contributed by atoms with van der Waals surface area (Å²) in [7, 11) is 0. The van der Waals surface area contributed by atoms with Gasteiger partial charge in [0.1, 0.15) is 11.2 Å². The highest BCUT2D eigenvalue weighted by atomic mass is 32.1. The Bertz CT molecular complexity index is 1710. The molecule has 2 heterocycles. The largest absolute Gasteiger partial charge is 0.336 e. The van der Waals surface area contributed by atoms with Gasteiger partial charge in [0.15, 0.2) is 0 Å². The molecule has 0 aliphatic rings. The van der Waals surface area contributed by atoms with E-state index in [1.165, 1.54) is 20.5 Å². The molecule has 0 atom stereocenters. The molecule has 0 saturated heterocycles. The lowest BCUT2D eigenvalue weighted by atomic mass is 10.1. The van der Waals surface area contributed by atoms with Gasteiger partial charge in [-0.1, -0.05) is 43.3 Å². The normalized spacial score (nSPS) is 11.3. The van der Waals surface area contributed by atoms with Crippen molar-refractivity contribution in [2.45, 2.75) is 33.7 Å². The zero-order valence-corrected chi connectivity index (χ0v) is 20.6. The summed E-state index contributed by atoms with van der Waals surface area (Å²) in [5.74, 6) is -0.335. The average Bonchev–Trinajstić information content (AvgIpc) is 3.24. The number of fused-ring (bicyclic) bond motifs is 3. The van der Waals surface area contributed by atoms with Crippen LogP contribution in [0.15, 0.2) is 76.3 Å². The fourth-order valence-electron chi connectivity index (χ4n) is 4.27. The number of carbonyl (C=O) groups excluding carboxylic acids is 1. The van der Waals surface area contributed by atoms with Crippen molar-refractivity contribution in [3.8, 4) is 5.69 Å². The summed E-state index contributed by atoms with van der Waals surface area (Å²) < 4.78 is 3.92. The van der Waals surface area contributed by atoms with Gasteiger partial charge in [-0.15, -0.1) is 11.3 Å². The Balaban J connectivity index is 1.68. The third-order valence-corrected chi connectivity index (χ3v) is 7.50. The lowest BCUT2D eigenvalue weighted by Crippen LogP contribution is -2.40. The first-order chi connectivity index (χ1) is 16.9. The molecule has 6 nitrogen and oxygen atoms in total. The number of thiophene rings is 1. The molecule has 5 aromatic rings. The zero-order chi connectivity index (χ0) is 24.7. The highest BCUT2D eigenvalue weighted by Gasteiger charge is 2.21. The number of nitrogens with one attached hydrogen (secondary N) is 1. The van der Waals surface area contributed by atoms with Crippen LogP contribution in [0.25, 0.3) is 26.0 Å². The van der Waals surface area contributed by atoms with Crippen LogP contribution in [0.1, 0.15) is 23.6 Å². The van der Waals surface area contributed by atoms with Crippen LogP contribution in [0.4, 0.5) is 5.69 Å². The number of hydrogen-bond donors (Lipinski definition) is 1. The van der Waals surface area contributed by atoms with Crippen LogP contribution in [0.5, 0.6) is 0 Å². The predicted octanol–water partition coefficient (Wildman–Crippen LogP) is 5.19. The SMILES string of the molecule is CCc1ccc(-n2c(=O)c3sc4ccccc4c3n(CC(=O)Nc3ccc(C)c(C)c3)c2=O)cc1. The molecule has 1 N–H and O–H groups in total. The molecule has 2 aromatic heterocycles. The minimum atomic E-state index is -0.537. The van der Waals surface area contributed by atoms with E-state index in [2.05, 4.69) is 5.32 Å². The fourth-order valence-corrected chi connectivity index (χ4v) is 5.40. The number of nitrogens with zero attached hydrogens (tertiary/aromatic N) is 2. The van der Waals surface area contributed by atoms with E-state index in [-0.39, 0.29) is 18.0 Å². The molecule has 7 heteroatoms. The van der Waals surface area contributed by atoms with Crippen LogP contribution < -0.4 is 16.6 Å². The van der Waals surface area contributed by atoms with Gasteiger partial charge in [-0.05, 0) is 67.3 Å². The Kier molecular flexibility index (Phi) is 5.86. The van der Waals surface area contributed by atoms with E-state index in [0.29, 0.717) is 21.6 Å². The summed E-state index contributed by atoms with van der Waals surface area (Å²) in [6, 6.07) is 20.6. The van der Waals surface area contributed by atoms with E-state index in [1.54, 1.807) is 12.1 Å². The van der Waals surface area contributed by atoms with E-state index >= 15 is 0 Å². The van der Waals surface area contributed by atoms with Crippen molar-refractivity contribution < 1.29 is 4.79 Å². The van der Waals surface area contributed by atoms with Gasteiger partial charge in [-0.3, -0.25) is 14.2 Å². The Morgan fingerprint density at radius 3 is 2.40 bits per heavy atom. The van der Waals surface area contributed by atoms with E-state index < -0.39 is 5.69 Å². The molecule has 5 rings (SSSR count). The lowest BCUT2D eigenvalue weighted by Gasteiger charge is -2.14. The number of hydrogen-bond acceptors (Lipinski definition) is 4. The van der Waals surface area contributed by atoms with Crippen molar-refractivity contribution in [1.29, 1.82) is 0 Å². The van der Waals surface area contributed by atoms with Crippen molar-refractivity contribution >= 4 is 43.2 Å². The summed E-state index contributed by atoms with van der Waals surface area (Å²) in [6.07, 6.45) is 0.855. The van der Waals surface area contributed by atoms with Crippen molar-refractivity contribution in [2.24, 2.45) is 0 Å². The molecular formula is C28H25N3O3S. The smallest absolute Gasteiger partial charge is 0.325 e. The summed E-state index contributed by atoms with van der Waals surface area (Å²) in [4.78, 5) is 40.4. The van der Waals surface area contributed by atoms with E-state index in [0.717, 1.165) is 33.2 Å². The number of carbonyl (C=O) groups is 1. The zero-order valence-electron chi connectivity index (χ0n) is 19.8. The van der Waals surface area contributed by atoms with Gasteiger partial charge < -0.3 is 5.32 Å². The Morgan fingerprint density at radius 1 is 0.943 bits per heavy atom. The van der Waals surface area contributed by atoms with Crippen molar-refractivity contribution in [1.82, 2.24) is 9.13 Å². The van der Waals surface area contributed by atoms with Crippen molar-refractivity contribution in [3.63, 3.8) is 0 Å². The molecule has 1 amide bonds. The third kappa shape index (κ3) is 4.08. The third-order valence-electron chi connectivity index (χ3n) is 6.35. The van der Waals surface area contributed by atoms with Gasteiger partial charge in [0, 0.05) is 15.8 Å². The summed E-state index contributed by atoms with van der Waals surface area (Å²) in [5.41, 5.74) is 4.05. The molecule has 0 spiro atoms. The van der Waals surface area contributed by atoms with Gasteiger partial charge in [-0.2, -0.15) is 0 Å². The molecule has 176 valence electrons. The monoisotopic (exact) mass is 483 g/mol. The summed E-state index contributed by atoms with van der Waals surface area (Å²) in [6.45, 7) is 5.83. The van der Waals surface area contributed by atoms with Gasteiger partial charge in [-0.25, -0.2) is 9.36 Å². The Hall–Kier alpha value is -3.97. The van der Waals surface area contributed by atoms with Crippen LogP contribution in [0.2, 0.25) is 0 Å². The molecule has 35 heavy (non-hydrogen) atoms. The molecule has 0 unspecified atom stereocenters. The second-order valence-corrected chi connectivity index (χ2v) is 9.70. The molecule has 0 bridgehead atoms. The maximum atomic E-state index is 13.7. The number of aromatic nitrogens is 2. The summed E-state index contributed by atoms with van der Waals surface area (Å²) in [5, 5.41) is 3.68. The minimum absolute atomic E-state index is 0.212. The number of benzene rings is 3. The van der Waals surface area contributed by atoms with Gasteiger partial charge in [0.25, 0.3) is 5.56 Å². The first kappa shape index (κ1) is 22.8. The topological polar surface area (TPSA) is 73.1 Å². The fraction of sp³-hybridized carbons (Fsp3) is 0.179. The summed E-state index contributed by atoms with van der Waals surface area (Å²) >= 11 is 1.34. The number of rotatable bonds is 5. The Morgan fingerprint density at radius 2 is 1.69 bits per heavy atom. The highest BCUT2D eigenvalue weighted by Crippen LogP contribution is 2.31. The molecule has 0 radical (unpaired) electrons. The number of amides is 1.